The Morgan fingerprint density at radius 2 is 1.57 bits per heavy atom. The number of carbonyl (C=O) groups excluding carboxylic acids is 1. The minimum absolute atomic E-state index is 0.0559. The molecule has 308 valence electrons. The molecule has 0 amide bonds. The second kappa shape index (κ2) is 17.8. The summed E-state index contributed by atoms with van der Waals surface area (Å²) >= 11 is 0. The highest BCUT2D eigenvalue weighted by Crippen LogP contribution is 2.41. The Kier molecular flexibility index (Phi) is 15.2. The van der Waals surface area contributed by atoms with E-state index in [1.165, 1.54) is 28.0 Å². The number of nitroso groups, excluding NO2 is 1. The Morgan fingerprint density at radius 3 is 2.11 bits per heavy atom. The van der Waals surface area contributed by atoms with Crippen LogP contribution in [0.15, 0.2) is 10.4 Å². The van der Waals surface area contributed by atoms with Gasteiger partial charge in [-0.2, -0.15) is 0 Å². The van der Waals surface area contributed by atoms with E-state index < -0.39 is 114 Å². The molecule has 0 saturated carbocycles. The first-order valence-electron chi connectivity index (χ1n) is 18.6. The highest BCUT2D eigenvalue weighted by Gasteiger charge is 2.53. The van der Waals surface area contributed by atoms with E-state index in [0.29, 0.717) is 0 Å². The number of ether oxygens (including phenoxy) is 6. The van der Waals surface area contributed by atoms with Crippen molar-refractivity contribution in [1.82, 2.24) is 5.01 Å². The maximum absolute atomic E-state index is 14.1. The van der Waals surface area contributed by atoms with Gasteiger partial charge in [-0.05, 0) is 60.8 Å². The minimum atomic E-state index is -2.00. The van der Waals surface area contributed by atoms with Crippen molar-refractivity contribution >= 4 is 11.7 Å². The maximum Gasteiger partial charge on any atom is 0.311 e. The number of methoxy groups -OCH3 is 1. The predicted molar refractivity (Wildman–Crippen MR) is 190 cm³/mol. The molecule has 17 nitrogen and oxygen atoms in total. The van der Waals surface area contributed by atoms with Crippen molar-refractivity contribution in [3.8, 4) is 0 Å². The Bertz CT molecular complexity index is 1260. The van der Waals surface area contributed by atoms with Gasteiger partial charge >= 0.3 is 5.97 Å². The first-order chi connectivity index (χ1) is 24.5. The third kappa shape index (κ3) is 9.67. The molecule has 3 fully saturated rings. The molecule has 0 spiro atoms. The molecule has 0 bridgehead atoms. The number of oxime groups is 1. The van der Waals surface area contributed by atoms with E-state index in [-0.39, 0.29) is 31.4 Å². The van der Waals surface area contributed by atoms with Crippen LogP contribution in [0.2, 0.25) is 0 Å². The first kappa shape index (κ1) is 45.3. The zero-order chi connectivity index (χ0) is 40.4. The topological polar surface area (TPSA) is 239 Å². The molecule has 53 heavy (non-hydrogen) atoms. The summed E-state index contributed by atoms with van der Waals surface area (Å²) < 4.78 is 36.9. The molecule has 18 atom stereocenters. The Morgan fingerprint density at radius 1 is 0.943 bits per heavy atom. The van der Waals surface area contributed by atoms with Crippen LogP contribution in [0.3, 0.4) is 0 Å². The summed E-state index contributed by atoms with van der Waals surface area (Å²) in [6, 6.07) is -0.788. The van der Waals surface area contributed by atoms with Gasteiger partial charge in [0.2, 0.25) is 0 Å². The average molecular weight is 764 g/mol. The Hall–Kier alpha value is -2.06. The summed E-state index contributed by atoms with van der Waals surface area (Å²) in [5, 5.41) is 75.7. The second-order valence-electron chi connectivity index (χ2n) is 16.3. The van der Waals surface area contributed by atoms with E-state index in [0.717, 1.165) is 5.01 Å². The number of likely N-dealkylation sites (N-methyl/N-ethyl adjacent to an activating group) is 1. The summed E-state index contributed by atoms with van der Waals surface area (Å²) in [6.45, 7) is 16.1. The van der Waals surface area contributed by atoms with Gasteiger partial charge in [-0.1, -0.05) is 32.9 Å². The molecule has 0 aliphatic carbocycles. The van der Waals surface area contributed by atoms with Crippen molar-refractivity contribution in [2.45, 2.75) is 179 Å². The quantitative estimate of drug-likeness (QED) is 0.0898. The highest BCUT2D eigenvalue weighted by molar-refractivity contribution is 5.88. The maximum atomic E-state index is 14.1. The van der Waals surface area contributed by atoms with Crippen molar-refractivity contribution in [3.63, 3.8) is 0 Å². The van der Waals surface area contributed by atoms with E-state index in [1.807, 2.05) is 0 Å². The van der Waals surface area contributed by atoms with E-state index in [1.54, 1.807) is 55.4 Å². The molecule has 0 radical (unpaired) electrons. The van der Waals surface area contributed by atoms with E-state index in [2.05, 4.69) is 10.4 Å². The van der Waals surface area contributed by atoms with Crippen molar-refractivity contribution < 1.29 is 64.0 Å². The fourth-order valence-corrected chi connectivity index (χ4v) is 8.53. The second-order valence-corrected chi connectivity index (χ2v) is 16.3. The molecule has 3 aliphatic heterocycles. The molecule has 3 heterocycles. The average Bonchev–Trinajstić information content (AvgIpc) is 3.09. The van der Waals surface area contributed by atoms with Crippen molar-refractivity contribution in [3.05, 3.63) is 4.91 Å². The lowest BCUT2D eigenvalue weighted by molar-refractivity contribution is -0.318. The lowest BCUT2D eigenvalue weighted by atomic mass is 9.73. The van der Waals surface area contributed by atoms with Gasteiger partial charge < -0.3 is 59.2 Å². The zero-order valence-electron chi connectivity index (χ0n) is 33.3. The fraction of sp³-hybridized carbons (Fsp3) is 0.944. The molecule has 3 aliphatic rings. The van der Waals surface area contributed by atoms with Crippen LogP contribution in [-0.4, -0.2) is 146 Å². The van der Waals surface area contributed by atoms with E-state index in [4.69, 9.17) is 28.4 Å². The number of nitrogens with zero attached hydrogens (tertiary/aromatic N) is 3. The summed E-state index contributed by atoms with van der Waals surface area (Å²) in [6.07, 6.45) is -11.0. The summed E-state index contributed by atoms with van der Waals surface area (Å²) in [5.74, 6) is -4.52. The Balaban J connectivity index is 2.22. The van der Waals surface area contributed by atoms with Gasteiger partial charge in [-0.25, -0.2) is 0 Å². The highest BCUT2D eigenvalue weighted by atomic mass is 16.7. The minimum Gasteiger partial charge on any atom is -0.459 e. The van der Waals surface area contributed by atoms with Crippen LogP contribution in [0.5, 0.6) is 0 Å². The number of cyclic esters (lactones) is 1. The lowest BCUT2D eigenvalue weighted by Gasteiger charge is -2.49. The molecular weight excluding hydrogens is 698 g/mol. The van der Waals surface area contributed by atoms with Crippen LogP contribution in [-0.2, 0) is 33.2 Å². The van der Waals surface area contributed by atoms with E-state index in [9.17, 15) is 40.4 Å². The molecule has 0 aromatic rings. The number of esters is 1. The van der Waals surface area contributed by atoms with Gasteiger partial charge in [0.05, 0.1) is 64.7 Å². The molecule has 17 heteroatoms. The van der Waals surface area contributed by atoms with Crippen LogP contribution in [0, 0.1) is 28.6 Å². The smallest absolute Gasteiger partial charge is 0.311 e. The summed E-state index contributed by atoms with van der Waals surface area (Å²) in [5.41, 5.74) is -4.87. The standard InChI is InChI=1S/C36H65N3O14/c1-13-24-36(10,45)29(41)19(4)26(37-46)17(2)15-34(8,44)31(53-33-27(40)23(39(11)38-47)14-18(3)49-33)20(5)28(21(6)32(43)51-24)52-25-16-35(9,48-12)30(42)22(7)50-25/h17-25,27-31,33,40-42,44-46H,13-16H2,1-12H3/b37-26+/t17-,18-,19+,20+,21-,22+,23+,24-,25+,27+,28+,29-,30+,31-,33+,34-,35-,36-/m1/s1. The molecule has 6 N–H and O–H groups in total. The van der Waals surface area contributed by atoms with Gasteiger partial charge in [-0.15, -0.1) is 4.91 Å². The lowest BCUT2D eigenvalue weighted by Crippen LogP contribution is -2.61. The fourth-order valence-electron chi connectivity index (χ4n) is 8.53. The van der Waals surface area contributed by atoms with Gasteiger partial charge in [0.25, 0.3) is 0 Å². The van der Waals surface area contributed by atoms with Crippen molar-refractivity contribution in [2.75, 3.05) is 14.2 Å². The number of carbonyl (C=O) groups is 1. The van der Waals surface area contributed by atoms with Crippen LogP contribution >= 0.6 is 0 Å². The SMILES string of the molecule is CC[C@H]1OC(=O)[C@H](C)[C@@H](O[C@H]2C[C@@](C)(OC)[C@@H](O)[C@H](C)O2)[C@H](C)[C@@H](O[C@@H]2O[C@H](C)C[C@H](N(C)N=O)[C@@H]2O)[C@](C)(O)C[C@@H](C)/C(=N\O)[C@H](C)[C@@H](O)[C@]1(C)O. The van der Waals surface area contributed by atoms with Crippen LogP contribution < -0.4 is 0 Å². The number of aliphatic hydroxyl groups is 5. The van der Waals surface area contributed by atoms with Crippen LogP contribution in [0.4, 0.5) is 0 Å². The summed E-state index contributed by atoms with van der Waals surface area (Å²) in [4.78, 5) is 25.6. The molecule has 0 aromatic heterocycles. The van der Waals surface area contributed by atoms with Gasteiger partial charge in [0, 0.05) is 38.3 Å². The predicted octanol–water partition coefficient (Wildman–Crippen LogP) is 2.10. The van der Waals surface area contributed by atoms with Gasteiger partial charge in [0.15, 0.2) is 12.6 Å². The number of hydrogen-bond acceptors (Lipinski definition) is 16. The monoisotopic (exact) mass is 763 g/mol. The van der Waals surface area contributed by atoms with E-state index >= 15 is 0 Å². The normalized spacial score (nSPS) is 48.8. The molecule has 3 rings (SSSR count). The molecule has 3 saturated heterocycles. The van der Waals surface area contributed by atoms with Gasteiger partial charge in [0.1, 0.15) is 23.9 Å². The third-order valence-electron chi connectivity index (χ3n) is 11.9. The van der Waals surface area contributed by atoms with Crippen molar-refractivity contribution in [2.24, 2.45) is 34.1 Å². The van der Waals surface area contributed by atoms with Crippen molar-refractivity contribution in [1.29, 1.82) is 0 Å². The third-order valence-corrected chi connectivity index (χ3v) is 11.9. The zero-order valence-corrected chi connectivity index (χ0v) is 33.3. The molecule has 0 unspecified atom stereocenters. The van der Waals surface area contributed by atoms with Crippen LogP contribution in [0.25, 0.3) is 0 Å². The largest absolute Gasteiger partial charge is 0.459 e. The Labute approximate surface area is 312 Å². The number of aliphatic hydroxyl groups excluding tert-OH is 3. The summed E-state index contributed by atoms with van der Waals surface area (Å²) in [7, 11) is 2.89. The van der Waals surface area contributed by atoms with Crippen LogP contribution in [0.1, 0.15) is 94.9 Å². The number of hydrogen-bond donors (Lipinski definition) is 6. The first-order valence-corrected chi connectivity index (χ1v) is 18.6. The molecule has 0 aromatic carbocycles. The molecular formula is C36H65N3O14. The number of rotatable bonds is 8. The van der Waals surface area contributed by atoms with Gasteiger partial charge in [-0.3, -0.25) is 9.80 Å².